The lowest BCUT2D eigenvalue weighted by Crippen LogP contribution is -2.26. The summed E-state index contributed by atoms with van der Waals surface area (Å²) < 4.78 is 0. The molecule has 0 aliphatic heterocycles. The summed E-state index contributed by atoms with van der Waals surface area (Å²) in [7, 11) is 1.73. The quantitative estimate of drug-likeness (QED) is 0.860. The summed E-state index contributed by atoms with van der Waals surface area (Å²) in [5.41, 5.74) is 7.87. The number of nitrogens with zero attached hydrogens (tertiary/aromatic N) is 3. The van der Waals surface area contributed by atoms with Gasteiger partial charge in [0.15, 0.2) is 0 Å². The fourth-order valence-electron chi connectivity index (χ4n) is 1.81. The van der Waals surface area contributed by atoms with E-state index < -0.39 is 0 Å². The summed E-state index contributed by atoms with van der Waals surface area (Å²) >= 11 is 4.95. The number of hydrogen-bond donors (Lipinski definition) is 1. The topological polar surface area (TPSA) is 72.1 Å². The molecule has 0 aliphatic rings. The molecule has 0 unspecified atom stereocenters. The van der Waals surface area contributed by atoms with Crippen LogP contribution < -0.4 is 5.73 Å². The van der Waals surface area contributed by atoms with Crippen molar-refractivity contribution in [3.05, 3.63) is 59.4 Å². The number of nitrogens with two attached hydrogens (primary N) is 1. The number of carbonyl (C=O) groups excluding carboxylic acids is 1. The third-order valence-electron chi connectivity index (χ3n) is 2.81. The fourth-order valence-corrected chi connectivity index (χ4v) is 1.93. The summed E-state index contributed by atoms with van der Waals surface area (Å²) in [6.45, 7) is 0.470. The molecular formula is C14H14N4OS. The minimum atomic E-state index is -0.111. The molecule has 0 atom stereocenters. The lowest BCUT2D eigenvalue weighted by Gasteiger charge is -2.17. The number of rotatable bonds is 4. The Bertz CT molecular complexity index is 630. The van der Waals surface area contributed by atoms with Crippen LogP contribution in [-0.2, 0) is 6.54 Å². The second-order valence-electron chi connectivity index (χ2n) is 4.36. The zero-order valence-electron chi connectivity index (χ0n) is 11.0. The van der Waals surface area contributed by atoms with Crippen LogP contribution >= 0.6 is 12.2 Å². The molecule has 0 bridgehead atoms. The average molecular weight is 286 g/mol. The van der Waals surface area contributed by atoms with Crippen LogP contribution in [0.4, 0.5) is 0 Å². The van der Waals surface area contributed by atoms with Gasteiger partial charge >= 0.3 is 0 Å². The highest BCUT2D eigenvalue weighted by Gasteiger charge is 2.12. The fraction of sp³-hybridized carbons (Fsp3) is 0.143. The highest BCUT2D eigenvalue weighted by molar-refractivity contribution is 7.80. The Morgan fingerprint density at radius 1 is 1.30 bits per heavy atom. The standard InChI is InChI=1S/C14H14N4OS/c1-18(14(19)12-5-6-16-17-8-12)9-10-3-2-4-11(7-10)13(15)20/h2-8H,9H2,1H3,(H2,15,20). The molecule has 0 spiro atoms. The lowest BCUT2D eigenvalue weighted by molar-refractivity contribution is 0.0784. The smallest absolute Gasteiger partial charge is 0.255 e. The van der Waals surface area contributed by atoms with E-state index in [0.717, 1.165) is 11.1 Å². The number of hydrogen-bond acceptors (Lipinski definition) is 4. The average Bonchev–Trinajstić information content (AvgIpc) is 2.47. The molecule has 1 aromatic carbocycles. The van der Waals surface area contributed by atoms with Crippen molar-refractivity contribution in [3.8, 4) is 0 Å². The van der Waals surface area contributed by atoms with Crippen molar-refractivity contribution in [2.45, 2.75) is 6.54 Å². The van der Waals surface area contributed by atoms with Crippen molar-refractivity contribution in [3.63, 3.8) is 0 Å². The van der Waals surface area contributed by atoms with Gasteiger partial charge in [0.2, 0.25) is 0 Å². The summed E-state index contributed by atoms with van der Waals surface area (Å²) in [5, 5.41) is 7.35. The minimum absolute atomic E-state index is 0.111. The monoisotopic (exact) mass is 286 g/mol. The van der Waals surface area contributed by atoms with Crippen molar-refractivity contribution in [2.24, 2.45) is 5.73 Å². The van der Waals surface area contributed by atoms with Gasteiger partial charge < -0.3 is 10.6 Å². The maximum absolute atomic E-state index is 12.2. The first-order valence-corrected chi connectivity index (χ1v) is 6.39. The van der Waals surface area contributed by atoms with E-state index in [2.05, 4.69) is 10.2 Å². The molecule has 20 heavy (non-hydrogen) atoms. The molecule has 1 amide bonds. The largest absolute Gasteiger partial charge is 0.389 e. The Hall–Kier alpha value is -2.34. The van der Waals surface area contributed by atoms with E-state index in [4.69, 9.17) is 18.0 Å². The van der Waals surface area contributed by atoms with E-state index in [0.29, 0.717) is 17.1 Å². The number of aromatic nitrogens is 2. The van der Waals surface area contributed by atoms with Gasteiger partial charge in [-0.05, 0) is 17.7 Å². The molecular weight excluding hydrogens is 272 g/mol. The van der Waals surface area contributed by atoms with Crippen LogP contribution in [0.25, 0.3) is 0 Å². The maximum Gasteiger partial charge on any atom is 0.255 e. The Labute approximate surface area is 122 Å². The Kier molecular flexibility index (Phi) is 4.37. The number of carbonyl (C=O) groups is 1. The SMILES string of the molecule is CN(Cc1cccc(C(N)=S)c1)C(=O)c1ccnnc1. The molecule has 2 N–H and O–H groups in total. The summed E-state index contributed by atoms with van der Waals surface area (Å²) in [6.07, 6.45) is 2.94. The first kappa shape index (κ1) is 14.1. The highest BCUT2D eigenvalue weighted by atomic mass is 32.1. The molecule has 0 aliphatic carbocycles. The van der Waals surface area contributed by atoms with Gasteiger partial charge in [-0.1, -0.05) is 30.4 Å². The molecule has 5 nitrogen and oxygen atoms in total. The van der Waals surface area contributed by atoms with Gasteiger partial charge in [0, 0.05) is 19.2 Å². The first-order valence-electron chi connectivity index (χ1n) is 5.99. The second-order valence-corrected chi connectivity index (χ2v) is 4.80. The van der Waals surface area contributed by atoms with Crippen molar-refractivity contribution in [2.75, 3.05) is 7.05 Å². The van der Waals surface area contributed by atoms with Gasteiger partial charge in [0.05, 0.1) is 18.0 Å². The molecule has 0 saturated heterocycles. The minimum Gasteiger partial charge on any atom is -0.389 e. The van der Waals surface area contributed by atoms with E-state index >= 15 is 0 Å². The van der Waals surface area contributed by atoms with E-state index in [9.17, 15) is 4.79 Å². The molecule has 0 fully saturated rings. The van der Waals surface area contributed by atoms with Crippen LogP contribution in [-0.4, -0.2) is 33.0 Å². The van der Waals surface area contributed by atoms with E-state index in [-0.39, 0.29) is 5.91 Å². The molecule has 2 rings (SSSR count). The lowest BCUT2D eigenvalue weighted by atomic mass is 10.1. The van der Waals surface area contributed by atoms with Gasteiger partial charge in [-0.2, -0.15) is 10.2 Å². The van der Waals surface area contributed by atoms with Gasteiger partial charge in [-0.15, -0.1) is 0 Å². The molecule has 0 saturated carbocycles. The van der Waals surface area contributed by atoms with Gasteiger partial charge in [0.1, 0.15) is 4.99 Å². The van der Waals surface area contributed by atoms with E-state index in [1.165, 1.54) is 12.4 Å². The van der Waals surface area contributed by atoms with E-state index in [1.54, 1.807) is 18.0 Å². The summed E-state index contributed by atoms with van der Waals surface area (Å²) in [4.78, 5) is 14.1. The van der Waals surface area contributed by atoms with Crippen LogP contribution in [0.15, 0.2) is 42.7 Å². The van der Waals surface area contributed by atoms with Crippen molar-refractivity contribution < 1.29 is 4.79 Å². The van der Waals surface area contributed by atoms with Gasteiger partial charge in [0.25, 0.3) is 5.91 Å². The molecule has 1 aromatic heterocycles. The molecule has 6 heteroatoms. The van der Waals surface area contributed by atoms with E-state index in [1.807, 2.05) is 24.3 Å². The van der Waals surface area contributed by atoms with Crippen molar-refractivity contribution in [1.29, 1.82) is 0 Å². The van der Waals surface area contributed by atoms with Crippen LogP contribution in [0.1, 0.15) is 21.5 Å². The third-order valence-corrected chi connectivity index (χ3v) is 3.04. The zero-order chi connectivity index (χ0) is 14.5. The van der Waals surface area contributed by atoms with Gasteiger partial charge in [-0.25, -0.2) is 0 Å². The Morgan fingerprint density at radius 2 is 2.10 bits per heavy atom. The van der Waals surface area contributed by atoms with Crippen molar-refractivity contribution in [1.82, 2.24) is 15.1 Å². The second kappa shape index (κ2) is 6.21. The molecule has 0 radical (unpaired) electrons. The molecule has 2 aromatic rings. The van der Waals surface area contributed by atoms with Gasteiger partial charge in [-0.3, -0.25) is 4.79 Å². The summed E-state index contributed by atoms with van der Waals surface area (Å²) in [6, 6.07) is 9.17. The highest BCUT2D eigenvalue weighted by Crippen LogP contribution is 2.10. The Balaban J connectivity index is 2.12. The summed E-state index contributed by atoms with van der Waals surface area (Å²) in [5.74, 6) is -0.111. The Morgan fingerprint density at radius 3 is 2.75 bits per heavy atom. The van der Waals surface area contributed by atoms with Crippen LogP contribution in [0.5, 0.6) is 0 Å². The number of thiocarbonyl (C=S) groups is 1. The van der Waals surface area contributed by atoms with Crippen LogP contribution in [0.3, 0.4) is 0 Å². The predicted octanol–water partition coefficient (Wildman–Crippen LogP) is 1.38. The normalized spacial score (nSPS) is 10.1. The maximum atomic E-state index is 12.2. The van der Waals surface area contributed by atoms with Crippen molar-refractivity contribution >= 4 is 23.1 Å². The predicted molar refractivity (Wildman–Crippen MR) is 80.2 cm³/mol. The van der Waals surface area contributed by atoms with Crippen LogP contribution in [0, 0.1) is 0 Å². The van der Waals surface area contributed by atoms with Crippen LogP contribution in [0.2, 0.25) is 0 Å². The third kappa shape index (κ3) is 3.36. The zero-order valence-corrected chi connectivity index (χ0v) is 11.8. The number of amides is 1. The first-order chi connectivity index (χ1) is 9.58. The molecule has 1 heterocycles. The molecule has 102 valence electrons. The number of benzene rings is 1.